The highest BCUT2D eigenvalue weighted by atomic mass is 35.5. The number of hydrogen-bond donors (Lipinski definition) is 1. The number of primary amides is 1. The minimum absolute atomic E-state index is 0.122. The van der Waals surface area contributed by atoms with E-state index in [4.69, 9.17) is 33.7 Å². The maximum Gasteiger partial charge on any atom is 0.446 e. The van der Waals surface area contributed by atoms with E-state index in [-0.39, 0.29) is 27.3 Å². The zero-order chi connectivity index (χ0) is 21.0. The van der Waals surface area contributed by atoms with E-state index in [1.165, 1.54) is 12.1 Å². The molecule has 4 aromatic rings. The molecule has 0 saturated heterocycles. The molecule has 0 radical (unpaired) electrons. The first kappa shape index (κ1) is 18.7. The largest absolute Gasteiger partial charge is 0.454 e. The zero-order valence-corrected chi connectivity index (χ0v) is 16.7. The Morgan fingerprint density at radius 3 is 2.60 bits per heavy atom. The number of imidazole rings is 1. The van der Waals surface area contributed by atoms with Crippen LogP contribution in [0.4, 0.5) is 0 Å². The summed E-state index contributed by atoms with van der Waals surface area (Å²) in [5.74, 6) is -1.48. The number of hydrogen-bond acceptors (Lipinski definition) is 6. The highest BCUT2D eigenvalue weighted by Crippen LogP contribution is 2.40. The highest BCUT2D eigenvalue weighted by Gasteiger charge is 2.25. The average molecular weight is 446 g/mol. The van der Waals surface area contributed by atoms with Gasteiger partial charge < -0.3 is 15.0 Å². The number of amides is 1. The second-order valence-electron chi connectivity index (χ2n) is 6.85. The normalized spacial score (nSPS) is 13.7. The quantitative estimate of drug-likeness (QED) is 0.500. The van der Waals surface area contributed by atoms with Gasteiger partial charge in [0.1, 0.15) is 5.75 Å². The maximum atomic E-state index is 11.9. The Morgan fingerprint density at radius 2 is 1.93 bits per heavy atom. The fraction of sp³-hybridized carbons (Fsp3) is 0.158. The Hall–Kier alpha value is -3.30. The number of carbonyl (C=O) groups is 1. The lowest BCUT2D eigenvalue weighted by atomic mass is 10.2. The smallest absolute Gasteiger partial charge is 0.446 e. The summed E-state index contributed by atoms with van der Waals surface area (Å²) in [5.41, 5.74) is 7.22. The van der Waals surface area contributed by atoms with Crippen molar-refractivity contribution in [1.82, 2.24) is 19.3 Å². The molecule has 11 heteroatoms. The monoisotopic (exact) mass is 445 g/mol. The average Bonchev–Trinajstić information content (AvgIpc) is 3.34. The van der Waals surface area contributed by atoms with Crippen molar-refractivity contribution >= 4 is 40.1 Å². The molecule has 1 saturated carbocycles. The van der Waals surface area contributed by atoms with Crippen LogP contribution >= 0.6 is 23.2 Å². The van der Waals surface area contributed by atoms with Gasteiger partial charge >= 0.3 is 5.76 Å². The highest BCUT2D eigenvalue weighted by molar-refractivity contribution is 6.37. The van der Waals surface area contributed by atoms with Crippen LogP contribution in [0.1, 0.15) is 29.5 Å². The molecule has 1 amide bonds. The van der Waals surface area contributed by atoms with Crippen LogP contribution in [0.5, 0.6) is 11.5 Å². The second kappa shape index (κ2) is 6.89. The van der Waals surface area contributed by atoms with Gasteiger partial charge in [-0.25, -0.2) is 14.3 Å². The molecule has 1 fully saturated rings. The first-order chi connectivity index (χ1) is 14.4. The summed E-state index contributed by atoms with van der Waals surface area (Å²) in [6.45, 7) is 0. The molecule has 0 bridgehead atoms. The molecule has 30 heavy (non-hydrogen) atoms. The molecule has 0 unspecified atom stereocenters. The zero-order valence-electron chi connectivity index (χ0n) is 15.2. The number of benzene rings is 2. The number of nitrogens with two attached hydrogens (primary N) is 1. The molecule has 0 atom stereocenters. The Bertz CT molecular complexity index is 1350. The molecule has 1 aliphatic rings. The van der Waals surface area contributed by atoms with E-state index in [0.29, 0.717) is 11.8 Å². The van der Waals surface area contributed by atoms with Gasteiger partial charge in [0.2, 0.25) is 5.82 Å². The maximum absolute atomic E-state index is 11.9. The number of nitrogens with zero attached hydrogens (tertiary/aromatic N) is 4. The first-order valence-electron chi connectivity index (χ1n) is 8.95. The third kappa shape index (κ3) is 3.12. The van der Waals surface area contributed by atoms with Crippen molar-refractivity contribution in [2.75, 3.05) is 0 Å². The number of carbonyl (C=O) groups excluding carboxylic acids is 1. The number of aromatic nitrogens is 4. The molecule has 2 aromatic heterocycles. The second-order valence-corrected chi connectivity index (χ2v) is 7.66. The summed E-state index contributed by atoms with van der Waals surface area (Å²) in [4.78, 5) is 27.8. The summed E-state index contributed by atoms with van der Waals surface area (Å²) in [6.07, 6.45) is 4.09. The SMILES string of the molecule is NC(=O)c1noc(=O)n1-c1cc(Cl)c(Oc2ccc3ncn(C4CC4)c3c2)c(Cl)c1. The van der Waals surface area contributed by atoms with Crippen molar-refractivity contribution in [3.8, 4) is 17.2 Å². The van der Waals surface area contributed by atoms with Crippen molar-refractivity contribution in [1.29, 1.82) is 0 Å². The Balaban J connectivity index is 1.53. The summed E-state index contributed by atoms with van der Waals surface area (Å²) < 4.78 is 13.4. The van der Waals surface area contributed by atoms with Crippen LogP contribution in [0.25, 0.3) is 16.7 Å². The van der Waals surface area contributed by atoms with Gasteiger partial charge in [-0.1, -0.05) is 23.2 Å². The van der Waals surface area contributed by atoms with Gasteiger partial charge in [-0.15, -0.1) is 0 Å². The minimum Gasteiger partial charge on any atom is -0.454 e. The summed E-state index contributed by atoms with van der Waals surface area (Å²) >= 11 is 12.7. The van der Waals surface area contributed by atoms with E-state index >= 15 is 0 Å². The molecular formula is C19H13Cl2N5O4. The lowest BCUT2D eigenvalue weighted by Crippen LogP contribution is -2.22. The topological polar surface area (TPSA) is 118 Å². The minimum atomic E-state index is -0.936. The van der Waals surface area contributed by atoms with Gasteiger partial charge in [-0.2, -0.15) is 0 Å². The van der Waals surface area contributed by atoms with Gasteiger partial charge in [-0.05, 0) is 42.3 Å². The van der Waals surface area contributed by atoms with Crippen LogP contribution < -0.4 is 16.2 Å². The lowest BCUT2D eigenvalue weighted by Gasteiger charge is -2.12. The van der Waals surface area contributed by atoms with E-state index in [2.05, 4.69) is 19.2 Å². The van der Waals surface area contributed by atoms with Crippen molar-refractivity contribution in [2.45, 2.75) is 18.9 Å². The van der Waals surface area contributed by atoms with Crippen LogP contribution in [0, 0.1) is 0 Å². The third-order valence-corrected chi connectivity index (χ3v) is 5.33. The van der Waals surface area contributed by atoms with Gasteiger partial charge in [0.25, 0.3) is 5.91 Å². The number of halogens is 2. The van der Waals surface area contributed by atoms with Gasteiger partial charge in [-0.3, -0.25) is 9.32 Å². The Morgan fingerprint density at radius 1 is 1.20 bits per heavy atom. The van der Waals surface area contributed by atoms with E-state index in [0.717, 1.165) is 28.4 Å². The third-order valence-electron chi connectivity index (χ3n) is 4.77. The lowest BCUT2D eigenvalue weighted by molar-refractivity contribution is 0.0985. The molecule has 0 spiro atoms. The molecule has 2 heterocycles. The predicted octanol–water partition coefficient (Wildman–Crippen LogP) is 3.71. The first-order valence-corrected chi connectivity index (χ1v) is 9.70. The van der Waals surface area contributed by atoms with Crippen molar-refractivity contribution in [2.24, 2.45) is 5.73 Å². The fourth-order valence-corrected chi connectivity index (χ4v) is 3.79. The van der Waals surface area contributed by atoms with E-state index in [9.17, 15) is 9.59 Å². The van der Waals surface area contributed by atoms with E-state index in [1.54, 1.807) is 6.07 Å². The summed E-state index contributed by atoms with van der Waals surface area (Å²) in [6, 6.07) is 8.77. The Labute approximate surface area is 178 Å². The van der Waals surface area contributed by atoms with E-state index < -0.39 is 11.7 Å². The van der Waals surface area contributed by atoms with Crippen LogP contribution in [0.2, 0.25) is 10.0 Å². The summed E-state index contributed by atoms with van der Waals surface area (Å²) in [5, 5.41) is 3.61. The molecule has 2 N–H and O–H groups in total. The molecule has 152 valence electrons. The number of fused-ring (bicyclic) bond motifs is 1. The van der Waals surface area contributed by atoms with Crippen LogP contribution in [-0.4, -0.2) is 25.2 Å². The van der Waals surface area contributed by atoms with Crippen molar-refractivity contribution < 1.29 is 14.1 Å². The van der Waals surface area contributed by atoms with Gasteiger partial charge in [0, 0.05) is 12.1 Å². The summed E-state index contributed by atoms with van der Waals surface area (Å²) in [7, 11) is 0. The molecule has 5 rings (SSSR count). The van der Waals surface area contributed by atoms with Crippen molar-refractivity contribution in [3.63, 3.8) is 0 Å². The predicted molar refractivity (Wildman–Crippen MR) is 109 cm³/mol. The molecule has 0 aliphatic heterocycles. The molecular weight excluding hydrogens is 433 g/mol. The molecule has 1 aliphatic carbocycles. The molecule has 2 aromatic carbocycles. The number of ether oxygens (including phenoxy) is 1. The van der Waals surface area contributed by atoms with Crippen LogP contribution in [-0.2, 0) is 0 Å². The standard InChI is InChI=1S/C19H13Cl2N5O4/c20-12-5-10(26-18(17(22)27)24-30-19(26)28)6-13(21)16(12)29-11-3-4-14-15(7-11)25(8-23-14)9-1-2-9/h3-9H,1-2H2,(H2,22,27). The van der Waals surface area contributed by atoms with Crippen LogP contribution in [0.15, 0.2) is 46.0 Å². The fourth-order valence-electron chi connectivity index (χ4n) is 3.24. The molecule has 9 nitrogen and oxygen atoms in total. The van der Waals surface area contributed by atoms with Crippen molar-refractivity contribution in [3.05, 3.63) is 63.1 Å². The number of rotatable bonds is 5. The van der Waals surface area contributed by atoms with Gasteiger partial charge in [0.15, 0.2) is 5.75 Å². The van der Waals surface area contributed by atoms with Gasteiger partial charge in [0.05, 0.1) is 33.1 Å². The van der Waals surface area contributed by atoms with Crippen LogP contribution in [0.3, 0.4) is 0 Å². The Kier molecular flexibility index (Phi) is 4.30. The van der Waals surface area contributed by atoms with E-state index in [1.807, 2.05) is 18.5 Å².